The minimum atomic E-state index is -2.89. The van der Waals surface area contributed by atoms with Gasteiger partial charge in [0.05, 0.1) is 17.9 Å². The van der Waals surface area contributed by atoms with Crippen LogP contribution in [0.15, 0.2) is 90.0 Å². The molecule has 186 valence electrons. The summed E-state index contributed by atoms with van der Waals surface area (Å²) in [6.07, 6.45) is 0.521. The fourth-order valence-electron chi connectivity index (χ4n) is 4.44. The summed E-state index contributed by atoms with van der Waals surface area (Å²) in [5.74, 6) is -0.372. The second kappa shape index (κ2) is 10.2. The average Bonchev–Trinajstić information content (AvgIpc) is 3.18. The minimum Gasteiger partial charge on any atom is -0.435 e. The van der Waals surface area contributed by atoms with Gasteiger partial charge in [0.15, 0.2) is 0 Å². The standard InChI is InChI=1S/C29H23F2N3O3/c1-2-24(19-13-15-22(16-14-19)37-29(30)31)32-33-27(35)21-11-9-18(10-12-21)17-34-25-8-4-6-20-5-3-7-23(26(20)25)28(34)36/h3-16,29H,2,17H2,1H3,(H,33,35)/b32-24+. The summed E-state index contributed by atoms with van der Waals surface area (Å²) in [5, 5.41) is 6.21. The summed E-state index contributed by atoms with van der Waals surface area (Å²) in [4.78, 5) is 27.4. The van der Waals surface area contributed by atoms with Gasteiger partial charge in [-0.15, -0.1) is 0 Å². The van der Waals surface area contributed by atoms with Gasteiger partial charge in [-0.2, -0.15) is 13.9 Å². The van der Waals surface area contributed by atoms with Crippen molar-refractivity contribution in [3.05, 3.63) is 107 Å². The van der Waals surface area contributed by atoms with Gasteiger partial charge in [-0.3, -0.25) is 9.59 Å². The van der Waals surface area contributed by atoms with Crippen LogP contribution < -0.4 is 15.1 Å². The number of alkyl halides is 2. The van der Waals surface area contributed by atoms with E-state index in [0.717, 1.165) is 22.0 Å². The van der Waals surface area contributed by atoms with Crippen molar-refractivity contribution in [3.8, 4) is 5.75 Å². The van der Waals surface area contributed by atoms with Crippen molar-refractivity contribution < 1.29 is 23.1 Å². The topological polar surface area (TPSA) is 71.0 Å². The van der Waals surface area contributed by atoms with Gasteiger partial charge < -0.3 is 9.64 Å². The van der Waals surface area contributed by atoms with Gasteiger partial charge in [-0.25, -0.2) is 5.43 Å². The summed E-state index contributed by atoms with van der Waals surface area (Å²) in [6.45, 7) is -0.628. The third kappa shape index (κ3) is 4.91. The predicted molar refractivity (Wildman–Crippen MR) is 138 cm³/mol. The first-order valence-electron chi connectivity index (χ1n) is 11.8. The Hall–Kier alpha value is -4.59. The van der Waals surface area contributed by atoms with Crippen LogP contribution in [0.3, 0.4) is 0 Å². The molecule has 0 aromatic heterocycles. The van der Waals surface area contributed by atoms with Gasteiger partial charge in [0.2, 0.25) is 0 Å². The SMILES string of the molecule is CC/C(=N\NC(=O)c1ccc(CN2C(=O)c3cccc4cccc2c34)cc1)c1ccc(OC(F)F)cc1. The Kier molecular flexibility index (Phi) is 6.64. The third-order valence-corrected chi connectivity index (χ3v) is 6.25. The van der Waals surface area contributed by atoms with Crippen LogP contribution in [0.1, 0.15) is 45.2 Å². The quantitative estimate of drug-likeness (QED) is 0.234. The molecular weight excluding hydrogens is 476 g/mol. The Morgan fingerprint density at radius 2 is 1.62 bits per heavy atom. The normalized spacial score (nSPS) is 12.9. The van der Waals surface area contributed by atoms with E-state index < -0.39 is 6.61 Å². The highest BCUT2D eigenvalue weighted by molar-refractivity contribution is 6.24. The molecule has 0 bridgehead atoms. The number of nitrogens with one attached hydrogen (secondary N) is 1. The van der Waals surface area contributed by atoms with Crippen LogP contribution in [0, 0.1) is 0 Å². The highest BCUT2D eigenvalue weighted by atomic mass is 19.3. The van der Waals surface area contributed by atoms with E-state index in [4.69, 9.17) is 0 Å². The maximum atomic E-state index is 13.0. The number of ether oxygens (including phenoxy) is 1. The summed E-state index contributed by atoms with van der Waals surface area (Å²) in [5.41, 5.74) is 6.72. The zero-order valence-electron chi connectivity index (χ0n) is 19.9. The molecule has 0 radical (unpaired) electrons. The summed E-state index contributed by atoms with van der Waals surface area (Å²) in [6, 6.07) is 24.7. The maximum absolute atomic E-state index is 13.0. The van der Waals surface area contributed by atoms with Gasteiger partial charge in [-0.05, 0) is 71.5 Å². The van der Waals surface area contributed by atoms with E-state index in [1.54, 1.807) is 29.2 Å². The number of hydrazone groups is 1. The van der Waals surface area contributed by atoms with Crippen LogP contribution in [0.5, 0.6) is 5.75 Å². The summed E-state index contributed by atoms with van der Waals surface area (Å²) < 4.78 is 29.1. The van der Waals surface area contributed by atoms with Crippen LogP contribution in [0.25, 0.3) is 10.8 Å². The number of halogens is 2. The first-order valence-corrected chi connectivity index (χ1v) is 11.8. The predicted octanol–water partition coefficient (Wildman–Crippen LogP) is 6.15. The Balaban J connectivity index is 1.26. The monoisotopic (exact) mass is 499 g/mol. The highest BCUT2D eigenvalue weighted by Crippen LogP contribution is 2.38. The molecule has 0 fully saturated rings. The van der Waals surface area contributed by atoms with Crippen molar-refractivity contribution in [2.45, 2.75) is 26.5 Å². The number of hydrogen-bond donors (Lipinski definition) is 1. The van der Waals surface area contributed by atoms with E-state index in [1.165, 1.54) is 12.1 Å². The highest BCUT2D eigenvalue weighted by Gasteiger charge is 2.29. The number of carbonyl (C=O) groups excluding carboxylic acids is 2. The number of carbonyl (C=O) groups is 2. The number of nitrogens with zero attached hydrogens (tertiary/aromatic N) is 2. The fourth-order valence-corrected chi connectivity index (χ4v) is 4.44. The first-order chi connectivity index (χ1) is 17.9. The van der Waals surface area contributed by atoms with Crippen LogP contribution in [0.4, 0.5) is 14.5 Å². The van der Waals surface area contributed by atoms with E-state index >= 15 is 0 Å². The largest absolute Gasteiger partial charge is 0.435 e. The van der Waals surface area contributed by atoms with Crippen LogP contribution in [0.2, 0.25) is 0 Å². The smallest absolute Gasteiger partial charge is 0.387 e. The molecule has 8 heteroatoms. The molecule has 2 amide bonds. The van der Waals surface area contributed by atoms with E-state index in [2.05, 4.69) is 15.3 Å². The Morgan fingerprint density at radius 3 is 2.30 bits per heavy atom. The lowest BCUT2D eigenvalue weighted by Crippen LogP contribution is -2.26. The summed E-state index contributed by atoms with van der Waals surface area (Å²) in [7, 11) is 0. The van der Waals surface area contributed by atoms with E-state index in [-0.39, 0.29) is 17.6 Å². The number of amides is 2. The fraction of sp³-hybridized carbons (Fsp3) is 0.138. The average molecular weight is 500 g/mol. The number of benzene rings is 4. The van der Waals surface area contributed by atoms with Crippen molar-refractivity contribution >= 4 is 34.0 Å². The lowest BCUT2D eigenvalue weighted by molar-refractivity contribution is -0.0498. The van der Waals surface area contributed by atoms with Gasteiger partial charge in [-0.1, -0.05) is 43.3 Å². The molecule has 1 aliphatic heterocycles. The number of anilines is 1. The van der Waals surface area contributed by atoms with Gasteiger partial charge in [0.1, 0.15) is 5.75 Å². The minimum absolute atomic E-state index is 0.0381. The lowest BCUT2D eigenvalue weighted by Gasteiger charge is -2.18. The van der Waals surface area contributed by atoms with E-state index in [0.29, 0.717) is 35.4 Å². The zero-order valence-corrected chi connectivity index (χ0v) is 19.9. The van der Waals surface area contributed by atoms with Crippen molar-refractivity contribution in [3.63, 3.8) is 0 Å². The molecule has 1 heterocycles. The van der Waals surface area contributed by atoms with Crippen molar-refractivity contribution in [2.75, 3.05) is 4.90 Å². The summed E-state index contributed by atoms with van der Waals surface area (Å²) >= 11 is 0. The molecule has 5 rings (SSSR count). The Bertz CT molecular complexity index is 1490. The molecule has 0 saturated heterocycles. The second-order valence-corrected chi connectivity index (χ2v) is 8.52. The van der Waals surface area contributed by atoms with Gasteiger partial charge >= 0.3 is 6.61 Å². The number of hydrogen-bond acceptors (Lipinski definition) is 4. The van der Waals surface area contributed by atoms with Crippen molar-refractivity contribution in [2.24, 2.45) is 5.10 Å². The molecular formula is C29H23F2N3O3. The molecule has 0 atom stereocenters. The maximum Gasteiger partial charge on any atom is 0.387 e. The second-order valence-electron chi connectivity index (χ2n) is 8.52. The Labute approximate surface area is 212 Å². The Morgan fingerprint density at radius 1 is 0.946 bits per heavy atom. The molecule has 4 aromatic carbocycles. The van der Waals surface area contributed by atoms with Gasteiger partial charge in [0.25, 0.3) is 11.8 Å². The first kappa shape index (κ1) is 24.1. The molecule has 1 aliphatic rings. The molecule has 0 aliphatic carbocycles. The van der Waals surface area contributed by atoms with Gasteiger partial charge in [0, 0.05) is 16.5 Å². The molecule has 1 N–H and O–H groups in total. The molecule has 0 unspecified atom stereocenters. The molecule has 0 saturated carbocycles. The van der Waals surface area contributed by atoms with Crippen molar-refractivity contribution in [1.29, 1.82) is 0 Å². The van der Waals surface area contributed by atoms with E-state index in [9.17, 15) is 18.4 Å². The van der Waals surface area contributed by atoms with E-state index in [1.807, 2.05) is 55.5 Å². The van der Waals surface area contributed by atoms with Crippen LogP contribution in [-0.2, 0) is 6.54 Å². The van der Waals surface area contributed by atoms with Crippen LogP contribution in [-0.4, -0.2) is 24.1 Å². The molecule has 0 spiro atoms. The molecule has 37 heavy (non-hydrogen) atoms. The molecule has 4 aromatic rings. The lowest BCUT2D eigenvalue weighted by atomic mass is 10.1. The van der Waals surface area contributed by atoms with Crippen molar-refractivity contribution in [1.82, 2.24) is 5.43 Å². The third-order valence-electron chi connectivity index (χ3n) is 6.25. The zero-order chi connectivity index (χ0) is 25.9. The molecule has 6 nitrogen and oxygen atoms in total. The van der Waals surface area contributed by atoms with Crippen LogP contribution >= 0.6 is 0 Å². The number of rotatable bonds is 8.